The summed E-state index contributed by atoms with van der Waals surface area (Å²) in [6.07, 6.45) is 1.60. The largest absolute Gasteiger partial charge is 0.493 e. The van der Waals surface area contributed by atoms with Gasteiger partial charge in [-0.25, -0.2) is 0 Å². The Kier molecular flexibility index (Phi) is 9.66. The van der Waals surface area contributed by atoms with E-state index in [2.05, 4.69) is 24.7 Å². The Morgan fingerprint density at radius 3 is 2.16 bits per heavy atom. The highest BCUT2D eigenvalue weighted by Gasteiger charge is 2.13. The molecule has 0 heterocycles. The number of aryl methyl sites for hydroxylation is 1. The first-order valence-corrected chi connectivity index (χ1v) is 10.5. The zero-order valence-corrected chi connectivity index (χ0v) is 19.3. The molecule has 0 aliphatic rings. The van der Waals surface area contributed by atoms with Gasteiger partial charge in [0.2, 0.25) is 5.91 Å². The molecular weight excluding hydrogens is 412 g/mol. The van der Waals surface area contributed by atoms with Crippen molar-refractivity contribution in [2.24, 2.45) is 5.92 Å². The highest BCUT2D eigenvalue weighted by atomic mass is 16.5. The van der Waals surface area contributed by atoms with Crippen LogP contribution in [0.15, 0.2) is 36.4 Å². The fraction of sp³-hybridized carbons (Fsp3) is 0.417. The van der Waals surface area contributed by atoms with Crippen molar-refractivity contribution in [3.05, 3.63) is 47.5 Å². The molecule has 2 amide bonds. The van der Waals surface area contributed by atoms with Gasteiger partial charge >= 0.3 is 0 Å². The number of amides is 2. The lowest BCUT2D eigenvalue weighted by Gasteiger charge is -2.13. The predicted molar refractivity (Wildman–Crippen MR) is 121 cm³/mol. The highest BCUT2D eigenvalue weighted by molar-refractivity contribution is 5.96. The van der Waals surface area contributed by atoms with E-state index in [-0.39, 0.29) is 12.3 Å². The molecule has 2 rings (SSSR count). The number of carbonyl (C=O) groups excluding carboxylic acids is 2. The van der Waals surface area contributed by atoms with Gasteiger partial charge in [-0.1, -0.05) is 19.9 Å². The Hall–Kier alpha value is -3.42. The average molecular weight is 445 g/mol. The predicted octanol–water partition coefficient (Wildman–Crippen LogP) is 3.53. The average Bonchev–Trinajstić information content (AvgIpc) is 2.80. The molecule has 2 N–H and O–H groups in total. The quantitative estimate of drug-likeness (QED) is 0.515. The molecule has 0 fully saturated rings. The summed E-state index contributed by atoms with van der Waals surface area (Å²) in [4.78, 5) is 24.6. The van der Waals surface area contributed by atoms with Crippen LogP contribution in [0.2, 0.25) is 0 Å². The molecule has 174 valence electrons. The van der Waals surface area contributed by atoms with Crippen molar-refractivity contribution >= 4 is 11.8 Å². The number of hydrogen-bond acceptors (Lipinski definition) is 6. The van der Waals surface area contributed by atoms with Crippen molar-refractivity contribution in [2.75, 3.05) is 27.9 Å². The fourth-order valence-corrected chi connectivity index (χ4v) is 2.89. The van der Waals surface area contributed by atoms with E-state index in [4.69, 9.17) is 18.9 Å². The SMILES string of the molecule is COc1ccc(CCC(=O)NNC(=O)c2ccc(OCCC(C)C)c(OC)c2)cc1OC. The van der Waals surface area contributed by atoms with E-state index in [9.17, 15) is 9.59 Å². The van der Waals surface area contributed by atoms with Gasteiger partial charge in [-0.15, -0.1) is 0 Å². The van der Waals surface area contributed by atoms with Gasteiger partial charge in [0.05, 0.1) is 27.9 Å². The summed E-state index contributed by atoms with van der Waals surface area (Å²) >= 11 is 0. The Bertz CT molecular complexity index is 913. The van der Waals surface area contributed by atoms with Crippen LogP contribution in [-0.2, 0) is 11.2 Å². The molecule has 0 saturated heterocycles. The summed E-state index contributed by atoms with van der Waals surface area (Å²) in [7, 11) is 4.64. The van der Waals surface area contributed by atoms with Gasteiger partial charge in [-0.05, 0) is 54.7 Å². The van der Waals surface area contributed by atoms with Crippen LogP contribution in [-0.4, -0.2) is 39.8 Å². The summed E-state index contributed by atoms with van der Waals surface area (Å²) in [6.45, 7) is 4.81. The van der Waals surface area contributed by atoms with Gasteiger partial charge < -0.3 is 18.9 Å². The van der Waals surface area contributed by atoms with Crippen molar-refractivity contribution in [1.82, 2.24) is 10.9 Å². The molecule has 0 spiro atoms. The topological polar surface area (TPSA) is 95.1 Å². The minimum atomic E-state index is -0.448. The van der Waals surface area contributed by atoms with E-state index in [1.54, 1.807) is 38.5 Å². The van der Waals surface area contributed by atoms with Gasteiger partial charge in [0.25, 0.3) is 5.91 Å². The molecule has 0 unspecified atom stereocenters. The van der Waals surface area contributed by atoms with Crippen LogP contribution >= 0.6 is 0 Å². The number of hydrogen-bond donors (Lipinski definition) is 2. The number of carbonyl (C=O) groups is 2. The Balaban J connectivity index is 1.86. The molecule has 0 radical (unpaired) electrons. The van der Waals surface area contributed by atoms with Crippen LogP contribution < -0.4 is 29.8 Å². The van der Waals surface area contributed by atoms with Gasteiger partial charge in [0, 0.05) is 12.0 Å². The molecule has 0 atom stereocenters. The molecule has 0 aromatic heterocycles. The Morgan fingerprint density at radius 2 is 1.50 bits per heavy atom. The Morgan fingerprint density at radius 1 is 0.844 bits per heavy atom. The number of ether oxygens (including phenoxy) is 4. The normalized spacial score (nSPS) is 10.4. The number of benzene rings is 2. The number of hydrazine groups is 1. The van der Waals surface area contributed by atoms with Crippen LogP contribution in [0.5, 0.6) is 23.0 Å². The number of nitrogens with one attached hydrogen (secondary N) is 2. The van der Waals surface area contributed by atoms with Gasteiger partial charge in [-0.2, -0.15) is 0 Å². The molecule has 2 aromatic carbocycles. The third kappa shape index (κ3) is 7.37. The van der Waals surface area contributed by atoms with Crippen molar-refractivity contribution in [2.45, 2.75) is 33.1 Å². The lowest BCUT2D eigenvalue weighted by molar-refractivity contribution is -0.121. The Labute approximate surface area is 189 Å². The zero-order chi connectivity index (χ0) is 23.5. The maximum absolute atomic E-state index is 12.4. The van der Waals surface area contributed by atoms with Gasteiger partial charge in [-0.3, -0.25) is 20.4 Å². The van der Waals surface area contributed by atoms with Crippen LogP contribution in [0.25, 0.3) is 0 Å². The van der Waals surface area contributed by atoms with Crippen molar-refractivity contribution in [3.8, 4) is 23.0 Å². The smallest absolute Gasteiger partial charge is 0.269 e. The molecule has 8 heteroatoms. The number of methoxy groups -OCH3 is 3. The van der Waals surface area contributed by atoms with Crippen LogP contribution in [0, 0.1) is 5.92 Å². The molecule has 0 aliphatic heterocycles. The second-order valence-electron chi connectivity index (χ2n) is 7.59. The van der Waals surface area contributed by atoms with Crippen LogP contribution in [0.4, 0.5) is 0 Å². The zero-order valence-electron chi connectivity index (χ0n) is 19.3. The second kappa shape index (κ2) is 12.4. The molecule has 32 heavy (non-hydrogen) atoms. The molecule has 8 nitrogen and oxygen atoms in total. The maximum atomic E-state index is 12.4. The van der Waals surface area contributed by atoms with E-state index >= 15 is 0 Å². The van der Waals surface area contributed by atoms with E-state index in [1.807, 2.05) is 12.1 Å². The summed E-state index contributed by atoms with van der Waals surface area (Å²) < 4.78 is 21.5. The molecule has 0 aliphatic carbocycles. The van der Waals surface area contributed by atoms with Gasteiger partial charge in [0.1, 0.15) is 0 Å². The van der Waals surface area contributed by atoms with E-state index in [1.165, 1.54) is 7.11 Å². The maximum Gasteiger partial charge on any atom is 0.269 e. The standard InChI is InChI=1S/C24H32N2O6/c1-16(2)12-13-32-20-10-8-18(15-22(20)31-5)24(28)26-25-23(27)11-7-17-6-9-19(29-3)21(14-17)30-4/h6,8-10,14-16H,7,11-13H2,1-5H3,(H,25,27)(H,26,28). The van der Waals surface area contributed by atoms with E-state index in [0.29, 0.717) is 47.5 Å². The first-order valence-electron chi connectivity index (χ1n) is 10.5. The minimum absolute atomic E-state index is 0.196. The van der Waals surface area contributed by atoms with Crippen LogP contribution in [0.1, 0.15) is 42.6 Å². The van der Waals surface area contributed by atoms with Gasteiger partial charge in [0.15, 0.2) is 23.0 Å². The first-order chi connectivity index (χ1) is 15.4. The lowest BCUT2D eigenvalue weighted by Crippen LogP contribution is -2.41. The highest BCUT2D eigenvalue weighted by Crippen LogP contribution is 2.29. The minimum Gasteiger partial charge on any atom is -0.493 e. The lowest BCUT2D eigenvalue weighted by atomic mass is 10.1. The third-order valence-corrected chi connectivity index (χ3v) is 4.78. The fourth-order valence-electron chi connectivity index (χ4n) is 2.89. The molecule has 2 aromatic rings. The second-order valence-corrected chi connectivity index (χ2v) is 7.59. The first kappa shape index (κ1) is 24.8. The van der Waals surface area contributed by atoms with E-state index < -0.39 is 5.91 Å². The van der Waals surface area contributed by atoms with E-state index in [0.717, 1.165) is 12.0 Å². The summed E-state index contributed by atoms with van der Waals surface area (Å²) in [5.41, 5.74) is 6.12. The molecule has 0 saturated carbocycles. The monoisotopic (exact) mass is 444 g/mol. The third-order valence-electron chi connectivity index (χ3n) is 4.78. The molecule has 0 bridgehead atoms. The summed E-state index contributed by atoms with van der Waals surface area (Å²) in [6, 6.07) is 10.4. The number of rotatable bonds is 11. The molecular formula is C24H32N2O6. The van der Waals surface area contributed by atoms with Crippen LogP contribution in [0.3, 0.4) is 0 Å². The van der Waals surface area contributed by atoms with Crippen molar-refractivity contribution in [1.29, 1.82) is 0 Å². The van der Waals surface area contributed by atoms with Crippen molar-refractivity contribution < 1.29 is 28.5 Å². The summed E-state index contributed by atoms with van der Waals surface area (Å²) in [5.74, 6) is 2.03. The summed E-state index contributed by atoms with van der Waals surface area (Å²) in [5, 5.41) is 0. The van der Waals surface area contributed by atoms with Crippen molar-refractivity contribution in [3.63, 3.8) is 0 Å².